The SMILES string of the molecule is Cc1ccc2cccc(OC(F)(F)C(=O)O)c2n1. The van der Waals surface area contributed by atoms with E-state index in [4.69, 9.17) is 5.11 Å². The van der Waals surface area contributed by atoms with Gasteiger partial charge in [0.05, 0.1) is 0 Å². The summed E-state index contributed by atoms with van der Waals surface area (Å²) < 4.78 is 30.3. The summed E-state index contributed by atoms with van der Waals surface area (Å²) in [7, 11) is 0. The van der Waals surface area contributed by atoms with Crippen molar-refractivity contribution >= 4 is 16.9 Å². The summed E-state index contributed by atoms with van der Waals surface area (Å²) in [6.07, 6.45) is -4.28. The average molecular weight is 253 g/mol. The fraction of sp³-hybridized carbons (Fsp3) is 0.167. The Kier molecular flexibility index (Phi) is 2.86. The molecule has 0 atom stereocenters. The molecule has 0 spiro atoms. The largest absolute Gasteiger partial charge is 0.501 e. The van der Waals surface area contributed by atoms with E-state index < -0.39 is 12.1 Å². The maximum atomic E-state index is 13.0. The Balaban J connectivity index is 2.51. The summed E-state index contributed by atoms with van der Waals surface area (Å²) in [5.74, 6) is -2.60. The van der Waals surface area contributed by atoms with E-state index >= 15 is 0 Å². The van der Waals surface area contributed by atoms with Crippen LogP contribution in [0.2, 0.25) is 0 Å². The quantitative estimate of drug-likeness (QED) is 0.913. The van der Waals surface area contributed by atoms with E-state index in [-0.39, 0.29) is 11.3 Å². The van der Waals surface area contributed by atoms with Gasteiger partial charge in [-0.15, -0.1) is 0 Å². The number of rotatable bonds is 3. The summed E-state index contributed by atoms with van der Waals surface area (Å²) in [5.41, 5.74) is 0.829. The molecular weight excluding hydrogens is 244 g/mol. The lowest BCUT2D eigenvalue weighted by atomic mass is 10.2. The molecule has 0 radical (unpaired) electrons. The molecule has 1 heterocycles. The highest BCUT2D eigenvalue weighted by Crippen LogP contribution is 2.28. The number of fused-ring (bicyclic) bond motifs is 1. The van der Waals surface area contributed by atoms with Gasteiger partial charge >= 0.3 is 12.1 Å². The lowest BCUT2D eigenvalue weighted by Crippen LogP contribution is -2.34. The number of pyridine rings is 1. The first-order chi connectivity index (χ1) is 8.40. The number of hydrogen-bond donors (Lipinski definition) is 1. The molecule has 94 valence electrons. The predicted molar refractivity (Wildman–Crippen MR) is 59.7 cm³/mol. The van der Waals surface area contributed by atoms with Crippen LogP contribution in [0.1, 0.15) is 5.69 Å². The van der Waals surface area contributed by atoms with Crippen LogP contribution in [-0.2, 0) is 4.79 Å². The monoisotopic (exact) mass is 253 g/mol. The van der Waals surface area contributed by atoms with Crippen molar-refractivity contribution in [2.24, 2.45) is 0 Å². The predicted octanol–water partition coefficient (Wildman–Crippen LogP) is 2.60. The zero-order valence-corrected chi connectivity index (χ0v) is 9.35. The average Bonchev–Trinajstić information content (AvgIpc) is 2.29. The number of para-hydroxylation sites is 1. The molecule has 1 aromatic heterocycles. The Hall–Kier alpha value is -2.24. The molecule has 0 aliphatic carbocycles. The molecule has 0 amide bonds. The van der Waals surface area contributed by atoms with E-state index in [1.165, 1.54) is 12.1 Å². The minimum absolute atomic E-state index is 0.207. The van der Waals surface area contributed by atoms with Crippen molar-refractivity contribution in [1.82, 2.24) is 4.98 Å². The van der Waals surface area contributed by atoms with Crippen LogP contribution >= 0.6 is 0 Å². The molecule has 18 heavy (non-hydrogen) atoms. The van der Waals surface area contributed by atoms with Crippen molar-refractivity contribution in [3.8, 4) is 5.75 Å². The molecule has 0 fully saturated rings. The van der Waals surface area contributed by atoms with Crippen LogP contribution in [0.5, 0.6) is 5.75 Å². The number of halogens is 2. The molecule has 0 saturated carbocycles. The Morgan fingerprint density at radius 3 is 2.72 bits per heavy atom. The topological polar surface area (TPSA) is 59.4 Å². The minimum Gasteiger partial charge on any atom is -0.474 e. The maximum Gasteiger partial charge on any atom is 0.501 e. The van der Waals surface area contributed by atoms with Crippen molar-refractivity contribution in [3.63, 3.8) is 0 Å². The first-order valence-electron chi connectivity index (χ1n) is 5.07. The van der Waals surface area contributed by atoms with Crippen LogP contribution in [-0.4, -0.2) is 22.2 Å². The van der Waals surface area contributed by atoms with E-state index in [9.17, 15) is 13.6 Å². The standard InChI is InChI=1S/C12H9F2NO3/c1-7-5-6-8-3-2-4-9(10(8)15-7)18-12(13,14)11(16)17/h2-6H,1H3,(H,16,17). The van der Waals surface area contributed by atoms with E-state index in [1.54, 1.807) is 25.1 Å². The molecule has 2 rings (SSSR count). The fourth-order valence-electron chi connectivity index (χ4n) is 1.48. The van der Waals surface area contributed by atoms with Gasteiger partial charge < -0.3 is 9.84 Å². The third-order valence-electron chi connectivity index (χ3n) is 2.31. The van der Waals surface area contributed by atoms with Gasteiger partial charge in [0.1, 0.15) is 5.52 Å². The van der Waals surface area contributed by atoms with E-state index in [0.29, 0.717) is 11.1 Å². The van der Waals surface area contributed by atoms with Crippen LogP contribution in [0.25, 0.3) is 10.9 Å². The van der Waals surface area contributed by atoms with Gasteiger partial charge in [-0.2, -0.15) is 8.78 Å². The van der Waals surface area contributed by atoms with Crippen molar-refractivity contribution in [3.05, 3.63) is 36.0 Å². The van der Waals surface area contributed by atoms with Gasteiger partial charge in [0, 0.05) is 11.1 Å². The Morgan fingerprint density at radius 1 is 1.33 bits per heavy atom. The number of carboxylic acid groups (broad SMARTS) is 1. The summed E-state index contributed by atoms with van der Waals surface area (Å²) in [6, 6.07) is 7.84. The lowest BCUT2D eigenvalue weighted by molar-refractivity contribution is -0.210. The summed E-state index contributed by atoms with van der Waals surface area (Å²) in [6.45, 7) is 1.70. The van der Waals surface area contributed by atoms with Crippen LogP contribution in [0.4, 0.5) is 8.78 Å². The van der Waals surface area contributed by atoms with Crippen molar-refractivity contribution in [2.75, 3.05) is 0 Å². The number of carboxylic acids is 1. The Bertz CT molecular complexity index is 613. The van der Waals surface area contributed by atoms with Crippen LogP contribution in [0.15, 0.2) is 30.3 Å². The Labute approximate surface area is 101 Å². The smallest absolute Gasteiger partial charge is 0.474 e. The summed E-state index contributed by atoms with van der Waals surface area (Å²) in [4.78, 5) is 14.4. The zero-order valence-electron chi connectivity index (χ0n) is 9.35. The fourth-order valence-corrected chi connectivity index (χ4v) is 1.48. The molecule has 0 aliphatic rings. The first-order valence-corrected chi connectivity index (χ1v) is 5.07. The molecule has 0 unspecified atom stereocenters. The molecule has 1 aromatic carbocycles. The minimum atomic E-state index is -4.28. The van der Waals surface area contributed by atoms with Gasteiger partial charge in [-0.05, 0) is 19.1 Å². The Morgan fingerprint density at radius 2 is 2.06 bits per heavy atom. The third kappa shape index (κ3) is 2.22. The maximum absolute atomic E-state index is 13.0. The van der Waals surface area contributed by atoms with E-state index in [2.05, 4.69) is 9.72 Å². The number of benzene rings is 1. The molecule has 0 bridgehead atoms. The van der Waals surface area contributed by atoms with Crippen LogP contribution in [0, 0.1) is 6.92 Å². The molecule has 6 heteroatoms. The number of hydrogen-bond acceptors (Lipinski definition) is 3. The summed E-state index contributed by atoms with van der Waals surface area (Å²) in [5, 5.41) is 8.93. The van der Waals surface area contributed by atoms with E-state index in [0.717, 1.165) is 0 Å². The zero-order chi connectivity index (χ0) is 13.3. The second-order valence-corrected chi connectivity index (χ2v) is 3.70. The number of aliphatic carboxylic acids is 1. The van der Waals surface area contributed by atoms with Crippen molar-refractivity contribution in [2.45, 2.75) is 13.0 Å². The third-order valence-corrected chi connectivity index (χ3v) is 2.31. The van der Waals surface area contributed by atoms with Crippen LogP contribution < -0.4 is 4.74 Å². The van der Waals surface area contributed by atoms with Gasteiger partial charge in [0.25, 0.3) is 0 Å². The molecular formula is C12H9F2NO3. The van der Waals surface area contributed by atoms with E-state index in [1.807, 2.05) is 0 Å². The number of nitrogens with zero attached hydrogens (tertiary/aromatic N) is 1. The van der Waals surface area contributed by atoms with Gasteiger partial charge in [-0.25, -0.2) is 9.78 Å². The molecule has 0 saturated heterocycles. The highest BCUT2D eigenvalue weighted by Gasteiger charge is 2.42. The number of alkyl halides is 2. The number of aromatic nitrogens is 1. The van der Waals surface area contributed by atoms with Crippen molar-refractivity contribution in [1.29, 1.82) is 0 Å². The lowest BCUT2D eigenvalue weighted by Gasteiger charge is -2.14. The van der Waals surface area contributed by atoms with Gasteiger partial charge in [-0.3, -0.25) is 0 Å². The van der Waals surface area contributed by atoms with Crippen molar-refractivity contribution < 1.29 is 23.4 Å². The first kappa shape index (κ1) is 12.2. The van der Waals surface area contributed by atoms with Gasteiger partial charge in [0.15, 0.2) is 5.75 Å². The second-order valence-electron chi connectivity index (χ2n) is 3.70. The second kappa shape index (κ2) is 4.21. The molecule has 0 aliphatic heterocycles. The highest BCUT2D eigenvalue weighted by atomic mass is 19.3. The number of aryl methyl sites for hydroxylation is 1. The number of ether oxygens (including phenoxy) is 1. The molecule has 4 nitrogen and oxygen atoms in total. The molecule has 2 aromatic rings. The summed E-state index contributed by atoms with van der Waals surface area (Å²) >= 11 is 0. The normalized spacial score (nSPS) is 11.5. The highest BCUT2D eigenvalue weighted by molar-refractivity contribution is 5.85. The molecule has 1 N–H and O–H groups in total. The van der Waals surface area contributed by atoms with Crippen LogP contribution in [0.3, 0.4) is 0 Å². The van der Waals surface area contributed by atoms with Gasteiger partial charge in [-0.1, -0.05) is 18.2 Å². The van der Waals surface area contributed by atoms with Gasteiger partial charge in [0.2, 0.25) is 0 Å². The number of carbonyl (C=O) groups is 1.